The number of aromatic nitrogens is 2. The van der Waals surface area contributed by atoms with Gasteiger partial charge in [0.05, 0.1) is 17.6 Å². The molecule has 4 rings (SSSR count). The van der Waals surface area contributed by atoms with Gasteiger partial charge in [-0.15, -0.1) is 0 Å². The van der Waals surface area contributed by atoms with Crippen molar-refractivity contribution in [2.45, 2.75) is 47.7 Å². The van der Waals surface area contributed by atoms with Crippen LogP contribution in [0.5, 0.6) is 0 Å². The molecule has 6 heteroatoms. The molecule has 3 aromatic rings. The maximum Gasteiger partial charge on any atom is 0.206 e. The largest absolute Gasteiger partial charge is 0.340 e. The third kappa shape index (κ3) is 4.19. The van der Waals surface area contributed by atoms with Gasteiger partial charge in [0, 0.05) is 32.7 Å². The van der Waals surface area contributed by atoms with Gasteiger partial charge >= 0.3 is 0 Å². The molecule has 0 unspecified atom stereocenters. The zero-order valence-electron chi connectivity index (χ0n) is 19.4. The first kappa shape index (κ1) is 21.8. The van der Waals surface area contributed by atoms with Crippen LogP contribution >= 0.6 is 0 Å². The van der Waals surface area contributed by atoms with Crippen molar-refractivity contribution in [3.63, 3.8) is 0 Å². The molecule has 1 saturated heterocycles. The van der Waals surface area contributed by atoms with Gasteiger partial charge in [0.15, 0.2) is 0 Å². The van der Waals surface area contributed by atoms with Gasteiger partial charge in [0.2, 0.25) is 5.95 Å². The van der Waals surface area contributed by atoms with E-state index in [0.29, 0.717) is 17.7 Å². The lowest BCUT2D eigenvalue weighted by Gasteiger charge is -2.29. The molecule has 166 valence electrons. The summed E-state index contributed by atoms with van der Waals surface area (Å²) in [5.74, 6) is 0.903. The second kappa shape index (κ2) is 8.97. The predicted octanol–water partition coefficient (Wildman–Crippen LogP) is 3.98. The van der Waals surface area contributed by atoms with Crippen LogP contribution in [0.15, 0.2) is 18.2 Å². The molecule has 0 radical (unpaired) electrons. The standard InChI is InChI=1S/C25H34FN5/c1-6-27-14-21-19(5)16(2)13-22-24(21)29-25(30-9-7-28-8-10-30)31(22)15-20-11-17(3)23(26)18(4)12-20/h11-13,27-28H,6-10,14-15H2,1-5H3. The second-order valence-electron chi connectivity index (χ2n) is 8.72. The van der Waals surface area contributed by atoms with Crippen LogP contribution in [0.2, 0.25) is 0 Å². The molecular formula is C25H34FN5. The summed E-state index contributed by atoms with van der Waals surface area (Å²) in [5.41, 5.74) is 8.60. The topological polar surface area (TPSA) is 45.1 Å². The molecule has 1 fully saturated rings. The molecule has 0 saturated carbocycles. The van der Waals surface area contributed by atoms with Gasteiger partial charge in [0.1, 0.15) is 5.82 Å². The van der Waals surface area contributed by atoms with Crippen molar-refractivity contribution >= 4 is 17.0 Å². The normalized spacial score (nSPS) is 14.6. The van der Waals surface area contributed by atoms with Crippen molar-refractivity contribution < 1.29 is 4.39 Å². The number of hydrogen-bond donors (Lipinski definition) is 2. The molecule has 2 aromatic carbocycles. The van der Waals surface area contributed by atoms with Gasteiger partial charge < -0.3 is 20.1 Å². The van der Waals surface area contributed by atoms with Gasteiger partial charge in [0.25, 0.3) is 0 Å². The third-order valence-electron chi connectivity index (χ3n) is 6.46. The van der Waals surface area contributed by atoms with Crippen LogP contribution in [0.1, 0.15) is 40.3 Å². The molecular weight excluding hydrogens is 389 g/mol. The van der Waals surface area contributed by atoms with E-state index in [-0.39, 0.29) is 5.82 Å². The SMILES string of the molecule is CCNCc1c(C)c(C)cc2c1nc(N1CCNCC1)n2Cc1cc(C)c(F)c(C)c1. The summed E-state index contributed by atoms with van der Waals surface area (Å²) in [6.45, 7) is 16.4. The zero-order chi connectivity index (χ0) is 22.1. The number of benzene rings is 2. The van der Waals surface area contributed by atoms with Crippen LogP contribution < -0.4 is 15.5 Å². The number of rotatable bonds is 6. The highest BCUT2D eigenvalue weighted by molar-refractivity contribution is 5.84. The minimum absolute atomic E-state index is 0.110. The molecule has 0 bridgehead atoms. The van der Waals surface area contributed by atoms with E-state index >= 15 is 0 Å². The van der Waals surface area contributed by atoms with Gasteiger partial charge in [-0.3, -0.25) is 0 Å². The van der Waals surface area contributed by atoms with Crippen LogP contribution in [-0.4, -0.2) is 42.3 Å². The number of nitrogens with one attached hydrogen (secondary N) is 2. The first-order valence-corrected chi connectivity index (χ1v) is 11.3. The van der Waals surface area contributed by atoms with Crippen LogP contribution in [0.25, 0.3) is 11.0 Å². The minimum Gasteiger partial charge on any atom is -0.340 e. The number of hydrogen-bond acceptors (Lipinski definition) is 4. The summed E-state index contributed by atoms with van der Waals surface area (Å²) in [4.78, 5) is 7.57. The molecule has 31 heavy (non-hydrogen) atoms. The van der Waals surface area contributed by atoms with Crippen molar-refractivity contribution in [3.8, 4) is 0 Å². The summed E-state index contributed by atoms with van der Waals surface area (Å²) < 4.78 is 16.6. The number of aryl methyl sites for hydroxylation is 3. The van der Waals surface area contributed by atoms with Gasteiger partial charge in [-0.2, -0.15) is 0 Å². The predicted molar refractivity (Wildman–Crippen MR) is 127 cm³/mol. The van der Waals surface area contributed by atoms with Crippen molar-refractivity contribution in [2.75, 3.05) is 37.6 Å². The molecule has 0 aliphatic carbocycles. The fraction of sp³-hybridized carbons (Fsp3) is 0.480. The average molecular weight is 424 g/mol. The molecule has 0 amide bonds. The Labute approximate surface area is 184 Å². The Kier molecular flexibility index (Phi) is 6.30. The quantitative estimate of drug-likeness (QED) is 0.630. The van der Waals surface area contributed by atoms with E-state index in [1.54, 1.807) is 0 Å². The van der Waals surface area contributed by atoms with Gasteiger partial charge in [-0.25, -0.2) is 9.37 Å². The summed E-state index contributed by atoms with van der Waals surface area (Å²) in [6.07, 6.45) is 0. The number of anilines is 1. The average Bonchev–Trinajstić information content (AvgIpc) is 3.10. The monoisotopic (exact) mass is 423 g/mol. The summed E-state index contributed by atoms with van der Waals surface area (Å²) >= 11 is 0. The first-order valence-electron chi connectivity index (χ1n) is 11.3. The Morgan fingerprint density at radius 2 is 1.71 bits per heavy atom. The highest BCUT2D eigenvalue weighted by Crippen LogP contribution is 2.31. The van der Waals surface area contributed by atoms with Crippen LogP contribution in [-0.2, 0) is 13.1 Å². The van der Waals surface area contributed by atoms with Crippen molar-refractivity contribution in [1.82, 2.24) is 20.2 Å². The van der Waals surface area contributed by atoms with E-state index in [9.17, 15) is 4.39 Å². The number of imidazole rings is 1. The van der Waals surface area contributed by atoms with Crippen LogP contribution in [0.3, 0.4) is 0 Å². The summed E-state index contributed by atoms with van der Waals surface area (Å²) in [6, 6.07) is 6.20. The van der Waals surface area contributed by atoms with E-state index in [2.05, 4.69) is 46.9 Å². The van der Waals surface area contributed by atoms with Crippen molar-refractivity contribution in [2.24, 2.45) is 0 Å². The van der Waals surface area contributed by atoms with E-state index in [4.69, 9.17) is 4.98 Å². The molecule has 1 aliphatic rings. The Balaban J connectivity index is 1.89. The Hall–Kier alpha value is -2.44. The fourth-order valence-electron chi connectivity index (χ4n) is 4.59. The molecule has 0 spiro atoms. The van der Waals surface area contributed by atoms with Crippen LogP contribution in [0.4, 0.5) is 10.3 Å². The van der Waals surface area contributed by atoms with Crippen LogP contribution in [0, 0.1) is 33.5 Å². The zero-order valence-corrected chi connectivity index (χ0v) is 19.4. The highest BCUT2D eigenvalue weighted by atomic mass is 19.1. The third-order valence-corrected chi connectivity index (χ3v) is 6.46. The van der Waals surface area contributed by atoms with E-state index < -0.39 is 0 Å². The Morgan fingerprint density at radius 3 is 2.35 bits per heavy atom. The maximum atomic E-state index is 14.2. The highest BCUT2D eigenvalue weighted by Gasteiger charge is 2.22. The maximum absolute atomic E-state index is 14.2. The lowest BCUT2D eigenvalue weighted by atomic mass is 10.0. The number of halogens is 1. The lowest BCUT2D eigenvalue weighted by Crippen LogP contribution is -2.44. The number of piperazine rings is 1. The van der Waals surface area contributed by atoms with Crippen molar-refractivity contribution in [1.29, 1.82) is 0 Å². The van der Waals surface area contributed by atoms with E-state index in [1.807, 2.05) is 26.0 Å². The second-order valence-corrected chi connectivity index (χ2v) is 8.72. The molecule has 0 atom stereocenters. The summed E-state index contributed by atoms with van der Waals surface area (Å²) in [7, 11) is 0. The molecule has 2 N–H and O–H groups in total. The van der Waals surface area contributed by atoms with Crippen molar-refractivity contribution in [3.05, 3.63) is 57.4 Å². The van der Waals surface area contributed by atoms with E-state index in [0.717, 1.165) is 61.8 Å². The molecule has 2 heterocycles. The smallest absolute Gasteiger partial charge is 0.206 e. The summed E-state index contributed by atoms with van der Waals surface area (Å²) in [5, 5.41) is 6.93. The fourth-order valence-corrected chi connectivity index (χ4v) is 4.59. The van der Waals surface area contributed by atoms with Gasteiger partial charge in [-0.1, -0.05) is 19.1 Å². The molecule has 1 aromatic heterocycles. The first-order chi connectivity index (χ1) is 14.9. The van der Waals surface area contributed by atoms with E-state index in [1.165, 1.54) is 16.7 Å². The molecule has 5 nitrogen and oxygen atoms in total. The number of fused-ring (bicyclic) bond motifs is 1. The van der Waals surface area contributed by atoms with Gasteiger partial charge in [-0.05, 0) is 73.7 Å². The molecule has 1 aliphatic heterocycles. The Morgan fingerprint density at radius 1 is 1.03 bits per heavy atom. The lowest BCUT2D eigenvalue weighted by molar-refractivity contribution is 0.571. The Bertz CT molecular complexity index is 1070. The number of nitrogens with zero attached hydrogens (tertiary/aromatic N) is 3. The minimum atomic E-state index is -0.110.